The molecule has 0 aliphatic rings. The maximum absolute atomic E-state index is 6.13. The molecule has 1 heterocycles. The second-order valence-corrected chi connectivity index (χ2v) is 5.14. The molecule has 0 N–H and O–H groups in total. The van der Waals surface area contributed by atoms with Crippen molar-refractivity contribution < 1.29 is 0 Å². The van der Waals surface area contributed by atoms with Crippen LogP contribution < -0.4 is 4.90 Å². The van der Waals surface area contributed by atoms with Crippen LogP contribution in [0.3, 0.4) is 0 Å². The molecule has 2 aromatic carbocycles. The van der Waals surface area contributed by atoms with Crippen molar-refractivity contribution in [3.8, 4) is 0 Å². The number of rotatable bonds is 4. The zero-order valence-electron chi connectivity index (χ0n) is 12.0. The van der Waals surface area contributed by atoms with E-state index in [0.717, 1.165) is 34.5 Å². The van der Waals surface area contributed by atoms with Crippen LogP contribution in [0.5, 0.6) is 0 Å². The smallest absolute Gasteiger partial charge is 0.133 e. The van der Waals surface area contributed by atoms with Gasteiger partial charge in [0, 0.05) is 23.5 Å². The van der Waals surface area contributed by atoms with Crippen molar-refractivity contribution in [1.29, 1.82) is 0 Å². The fraction of sp³-hybridized carbons (Fsp3) is 0.167. The van der Waals surface area contributed by atoms with E-state index in [9.17, 15) is 0 Å². The lowest BCUT2D eigenvalue weighted by Gasteiger charge is -2.23. The van der Waals surface area contributed by atoms with Crippen LogP contribution in [-0.2, 0) is 5.88 Å². The minimum absolute atomic E-state index is 0.488. The molecule has 0 bridgehead atoms. The summed E-state index contributed by atoms with van der Waals surface area (Å²) in [6, 6.07) is 20.5. The molecule has 0 unspecified atom stereocenters. The van der Waals surface area contributed by atoms with Crippen LogP contribution in [-0.4, -0.2) is 11.5 Å². The Morgan fingerprint density at radius 3 is 2.43 bits per heavy atom. The third kappa shape index (κ3) is 2.72. The molecule has 21 heavy (non-hydrogen) atoms. The Morgan fingerprint density at radius 1 is 1.00 bits per heavy atom. The molecule has 3 heteroatoms. The number of benzene rings is 2. The number of para-hydroxylation sites is 2. The number of nitrogens with zero attached hydrogens (tertiary/aromatic N) is 2. The summed E-state index contributed by atoms with van der Waals surface area (Å²) in [7, 11) is 0. The van der Waals surface area contributed by atoms with Crippen LogP contribution in [0, 0.1) is 0 Å². The molecule has 0 amide bonds. The summed E-state index contributed by atoms with van der Waals surface area (Å²) in [5.41, 5.74) is 3.25. The Labute approximate surface area is 130 Å². The van der Waals surface area contributed by atoms with Gasteiger partial charge >= 0.3 is 0 Å². The summed E-state index contributed by atoms with van der Waals surface area (Å²) in [5.74, 6) is 1.43. The Hall–Kier alpha value is -2.06. The van der Waals surface area contributed by atoms with Gasteiger partial charge in [-0.3, -0.25) is 0 Å². The highest BCUT2D eigenvalue weighted by Gasteiger charge is 2.11. The van der Waals surface area contributed by atoms with E-state index in [4.69, 9.17) is 16.6 Å². The van der Waals surface area contributed by atoms with Crippen molar-refractivity contribution in [3.05, 3.63) is 66.2 Å². The number of halogens is 1. The minimum atomic E-state index is 0.488. The molecular formula is C18H17ClN2. The molecule has 2 nitrogen and oxygen atoms in total. The standard InChI is InChI=1S/C18H17ClN2/c1-2-21(15-8-4-3-5-9-15)18-12-14(13-19)16-10-6-7-11-17(16)20-18/h3-12H,2,13H2,1H3. The molecule has 3 aromatic rings. The SMILES string of the molecule is CCN(c1ccccc1)c1cc(CCl)c2ccccc2n1. The van der Waals surface area contributed by atoms with E-state index in [1.54, 1.807) is 0 Å². The molecule has 106 valence electrons. The van der Waals surface area contributed by atoms with Gasteiger partial charge in [-0.05, 0) is 36.8 Å². The molecule has 0 radical (unpaired) electrons. The molecule has 0 fully saturated rings. The van der Waals surface area contributed by atoms with Crippen molar-refractivity contribution in [2.24, 2.45) is 0 Å². The second kappa shape index (κ2) is 6.15. The van der Waals surface area contributed by atoms with Crippen LogP contribution in [0.1, 0.15) is 12.5 Å². The molecule has 0 saturated heterocycles. The third-order valence-electron chi connectivity index (χ3n) is 3.59. The number of fused-ring (bicyclic) bond motifs is 1. The summed E-state index contributed by atoms with van der Waals surface area (Å²) in [6.07, 6.45) is 0. The van der Waals surface area contributed by atoms with Crippen LogP contribution in [0.15, 0.2) is 60.7 Å². The maximum Gasteiger partial charge on any atom is 0.133 e. The van der Waals surface area contributed by atoms with Gasteiger partial charge in [-0.25, -0.2) is 4.98 Å². The van der Waals surface area contributed by atoms with E-state index >= 15 is 0 Å². The summed E-state index contributed by atoms with van der Waals surface area (Å²) in [5, 5.41) is 1.13. The Bertz CT molecular complexity index is 741. The highest BCUT2D eigenvalue weighted by molar-refractivity contribution is 6.18. The average molecular weight is 297 g/mol. The molecule has 3 rings (SSSR count). The summed E-state index contributed by atoms with van der Waals surface area (Å²) in [6.45, 7) is 2.99. The lowest BCUT2D eigenvalue weighted by molar-refractivity contribution is 0.995. The van der Waals surface area contributed by atoms with E-state index in [-0.39, 0.29) is 0 Å². The molecular weight excluding hydrogens is 280 g/mol. The van der Waals surface area contributed by atoms with Crippen molar-refractivity contribution in [3.63, 3.8) is 0 Å². The zero-order valence-corrected chi connectivity index (χ0v) is 12.7. The Balaban J connectivity index is 2.15. The van der Waals surface area contributed by atoms with Crippen molar-refractivity contribution in [1.82, 2.24) is 4.98 Å². The fourth-order valence-corrected chi connectivity index (χ4v) is 2.79. The monoisotopic (exact) mass is 296 g/mol. The van der Waals surface area contributed by atoms with Gasteiger partial charge in [0.05, 0.1) is 5.52 Å². The topological polar surface area (TPSA) is 16.1 Å². The first-order chi connectivity index (χ1) is 10.3. The largest absolute Gasteiger partial charge is 0.327 e. The number of pyridine rings is 1. The number of alkyl halides is 1. The number of hydrogen-bond donors (Lipinski definition) is 0. The maximum atomic E-state index is 6.13. The molecule has 0 aliphatic carbocycles. The fourth-order valence-electron chi connectivity index (χ4n) is 2.57. The van der Waals surface area contributed by atoms with E-state index in [1.165, 1.54) is 0 Å². The average Bonchev–Trinajstić information content (AvgIpc) is 2.56. The lowest BCUT2D eigenvalue weighted by Crippen LogP contribution is -2.17. The van der Waals surface area contributed by atoms with E-state index < -0.39 is 0 Å². The van der Waals surface area contributed by atoms with Gasteiger partial charge in [-0.1, -0.05) is 36.4 Å². The predicted molar refractivity (Wildman–Crippen MR) is 90.4 cm³/mol. The summed E-state index contributed by atoms with van der Waals surface area (Å²) in [4.78, 5) is 7.00. The van der Waals surface area contributed by atoms with Gasteiger partial charge in [0.2, 0.25) is 0 Å². The summed E-state index contributed by atoms with van der Waals surface area (Å²) >= 11 is 6.13. The molecule has 0 saturated carbocycles. The highest BCUT2D eigenvalue weighted by atomic mass is 35.5. The van der Waals surface area contributed by atoms with E-state index in [2.05, 4.69) is 36.1 Å². The molecule has 0 atom stereocenters. The van der Waals surface area contributed by atoms with Crippen LogP contribution in [0.2, 0.25) is 0 Å². The molecule has 0 aliphatic heterocycles. The van der Waals surface area contributed by atoms with Gasteiger partial charge in [0.15, 0.2) is 0 Å². The van der Waals surface area contributed by atoms with E-state index in [1.807, 2.05) is 36.4 Å². The quantitative estimate of drug-likeness (QED) is 0.620. The highest BCUT2D eigenvalue weighted by Crippen LogP contribution is 2.28. The van der Waals surface area contributed by atoms with Gasteiger partial charge < -0.3 is 4.90 Å². The first-order valence-corrected chi connectivity index (χ1v) is 7.64. The van der Waals surface area contributed by atoms with Crippen molar-refractivity contribution in [2.45, 2.75) is 12.8 Å². The lowest BCUT2D eigenvalue weighted by atomic mass is 10.1. The van der Waals surface area contributed by atoms with Gasteiger partial charge in [0.1, 0.15) is 5.82 Å². The summed E-state index contributed by atoms with van der Waals surface area (Å²) < 4.78 is 0. The first-order valence-electron chi connectivity index (χ1n) is 7.10. The first kappa shape index (κ1) is 13.9. The minimum Gasteiger partial charge on any atom is -0.327 e. The van der Waals surface area contributed by atoms with Crippen LogP contribution in [0.4, 0.5) is 11.5 Å². The van der Waals surface area contributed by atoms with Gasteiger partial charge in [0.25, 0.3) is 0 Å². The molecule has 0 spiro atoms. The van der Waals surface area contributed by atoms with Gasteiger partial charge in [-0.2, -0.15) is 0 Å². The van der Waals surface area contributed by atoms with Crippen molar-refractivity contribution >= 4 is 34.0 Å². The van der Waals surface area contributed by atoms with Gasteiger partial charge in [-0.15, -0.1) is 11.6 Å². The normalized spacial score (nSPS) is 10.8. The van der Waals surface area contributed by atoms with E-state index in [0.29, 0.717) is 5.88 Å². The van der Waals surface area contributed by atoms with Crippen LogP contribution >= 0.6 is 11.6 Å². The van der Waals surface area contributed by atoms with Crippen molar-refractivity contribution in [2.75, 3.05) is 11.4 Å². The number of anilines is 2. The Morgan fingerprint density at radius 2 is 1.71 bits per heavy atom. The molecule has 1 aromatic heterocycles. The number of hydrogen-bond acceptors (Lipinski definition) is 2. The Kier molecular flexibility index (Phi) is 4.07. The predicted octanol–water partition coefficient (Wildman–Crippen LogP) is 5.13. The second-order valence-electron chi connectivity index (χ2n) is 4.87. The number of aromatic nitrogens is 1. The third-order valence-corrected chi connectivity index (χ3v) is 3.88. The van der Waals surface area contributed by atoms with Crippen LogP contribution in [0.25, 0.3) is 10.9 Å². The zero-order chi connectivity index (χ0) is 14.7.